The first kappa shape index (κ1) is 17.4. The summed E-state index contributed by atoms with van der Waals surface area (Å²) >= 11 is 3.14. The molecule has 3 N–H and O–H groups in total. The number of nitrogens with two attached hydrogens (primary N) is 1. The number of nitrogens with zero attached hydrogens (tertiary/aromatic N) is 2. The quantitative estimate of drug-likeness (QED) is 0.511. The third-order valence-corrected chi connectivity index (χ3v) is 5.08. The fourth-order valence-electron chi connectivity index (χ4n) is 1.72. The van der Waals surface area contributed by atoms with Gasteiger partial charge in [-0.05, 0) is 44.3 Å². The Bertz CT molecular complexity index is 424. The Balaban J connectivity index is 2.35. The molecule has 7 heteroatoms. The Morgan fingerprint density at radius 1 is 1.50 bits per heavy atom. The lowest BCUT2D eigenvalue weighted by Crippen LogP contribution is -2.53. The maximum absolute atomic E-state index is 11.6. The largest absolute Gasteiger partial charge is 0.368 e. The zero-order valence-corrected chi connectivity index (χ0v) is 14.1. The summed E-state index contributed by atoms with van der Waals surface area (Å²) in [7, 11) is 0. The number of thioether (sulfide) groups is 1. The monoisotopic (exact) mass is 316 g/mol. The molecule has 0 aliphatic carbocycles. The Labute approximate surface area is 129 Å². The van der Waals surface area contributed by atoms with Gasteiger partial charge in [-0.2, -0.15) is 4.37 Å². The molecule has 1 unspecified atom stereocenters. The van der Waals surface area contributed by atoms with Gasteiger partial charge in [-0.25, -0.2) is 4.98 Å². The van der Waals surface area contributed by atoms with Crippen LogP contribution >= 0.6 is 23.3 Å². The number of aryl methyl sites for hydroxylation is 1. The van der Waals surface area contributed by atoms with Crippen LogP contribution < -0.4 is 11.1 Å². The SMILES string of the molecule is CCCNC(C)(CCCSc1nc(CC)ns1)C(N)=O. The molecule has 0 aliphatic heterocycles. The molecule has 0 fully saturated rings. The van der Waals surface area contributed by atoms with Crippen LogP contribution in [0.15, 0.2) is 4.34 Å². The van der Waals surface area contributed by atoms with Crippen LogP contribution in [0.3, 0.4) is 0 Å². The van der Waals surface area contributed by atoms with Crippen LogP contribution in [0.5, 0.6) is 0 Å². The fraction of sp³-hybridized carbons (Fsp3) is 0.769. The second kappa shape index (κ2) is 8.59. The molecule has 1 aromatic rings. The van der Waals surface area contributed by atoms with Crippen molar-refractivity contribution < 1.29 is 4.79 Å². The van der Waals surface area contributed by atoms with Gasteiger partial charge in [0.1, 0.15) is 5.82 Å². The van der Waals surface area contributed by atoms with Gasteiger partial charge in [-0.3, -0.25) is 4.79 Å². The standard InChI is InChI=1S/C13H24N4OS2/c1-4-8-15-13(3,11(14)18)7-6-9-19-12-16-10(5-2)17-20-12/h15H,4-9H2,1-3H3,(H2,14,18). The number of carbonyl (C=O) groups excluding carboxylic acids is 1. The summed E-state index contributed by atoms with van der Waals surface area (Å²) in [5.41, 5.74) is 4.89. The van der Waals surface area contributed by atoms with Gasteiger partial charge in [0.25, 0.3) is 0 Å². The minimum absolute atomic E-state index is 0.278. The number of aromatic nitrogens is 2. The Hall–Kier alpha value is -0.660. The normalized spacial score (nSPS) is 14.2. The lowest BCUT2D eigenvalue weighted by atomic mass is 9.95. The summed E-state index contributed by atoms with van der Waals surface area (Å²) in [6, 6.07) is 0. The van der Waals surface area contributed by atoms with Crippen molar-refractivity contribution in [3.63, 3.8) is 0 Å². The van der Waals surface area contributed by atoms with Gasteiger partial charge in [0.05, 0.1) is 5.54 Å². The van der Waals surface area contributed by atoms with Gasteiger partial charge in [0.15, 0.2) is 4.34 Å². The number of amides is 1. The van der Waals surface area contributed by atoms with Crippen LogP contribution in [0.2, 0.25) is 0 Å². The molecule has 20 heavy (non-hydrogen) atoms. The lowest BCUT2D eigenvalue weighted by Gasteiger charge is -2.27. The predicted octanol–water partition coefficient (Wildman–Crippen LogP) is 2.22. The summed E-state index contributed by atoms with van der Waals surface area (Å²) in [5, 5.41) is 3.25. The summed E-state index contributed by atoms with van der Waals surface area (Å²) in [5.74, 6) is 1.55. The summed E-state index contributed by atoms with van der Waals surface area (Å²) in [6.45, 7) is 6.82. The number of hydrogen-bond acceptors (Lipinski definition) is 6. The van der Waals surface area contributed by atoms with Crippen LogP contribution in [0.4, 0.5) is 0 Å². The van der Waals surface area contributed by atoms with Gasteiger partial charge in [0, 0.05) is 12.2 Å². The summed E-state index contributed by atoms with van der Waals surface area (Å²) in [6.07, 6.45) is 3.52. The molecule has 1 heterocycles. The maximum Gasteiger partial charge on any atom is 0.237 e. The highest BCUT2D eigenvalue weighted by Gasteiger charge is 2.29. The second-order valence-electron chi connectivity index (χ2n) is 4.91. The molecule has 0 spiro atoms. The molecule has 0 bridgehead atoms. The van der Waals surface area contributed by atoms with E-state index in [0.29, 0.717) is 0 Å². The molecule has 1 aromatic heterocycles. The van der Waals surface area contributed by atoms with E-state index in [0.717, 1.165) is 48.1 Å². The highest BCUT2D eigenvalue weighted by molar-refractivity contribution is 8.00. The molecule has 0 saturated carbocycles. The zero-order chi connectivity index (χ0) is 15.0. The van der Waals surface area contributed by atoms with E-state index >= 15 is 0 Å². The maximum atomic E-state index is 11.6. The van der Waals surface area contributed by atoms with E-state index < -0.39 is 5.54 Å². The van der Waals surface area contributed by atoms with Gasteiger partial charge in [0.2, 0.25) is 5.91 Å². The van der Waals surface area contributed by atoms with E-state index in [1.807, 2.05) is 13.8 Å². The van der Waals surface area contributed by atoms with Crippen LogP contribution in [-0.2, 0) is 11.2 Å². The molecular formula is C13H24N4OS2. The molecule has 0 radical (unpaired) electrons. The Morgan fingerprint density at radius 2 is 2.25 bits per heavy atom. The molecule has 1 amide bonds. The van der Waals surface area contributed by atoms with Crippen LogP contribution in [-0.4, -0.2) is 33.1 Å². The number of hydrogen-bond donors (Lipinski definition) is 2. The third kappa shape index (κ3) is 5.38. The minimum Gasteiger partial charge on any atom is -0.368 e. The fourth-order valence-corrected chi connectivity index (χ4v) is 3.43. The van der Waals surface area contributed by atoms with Crippen LogP contribution in [0.1, 0.15) is 45.9 Å². The van der Waals surface area contributed by atoms with Gasteiger partial charge in [-0.15, -0.1) is 0 Å². The van der Waals surface area contributed by atoms with E-state index in [1.54, 1.807) is 11.8 Å². The van der Waals surface area contributed by atoms with E-state index in [4.69, 9.17) is 5.73 Å². The van der Waals surface area contributed by atoms with Crippen molar-refractivity contribution in [2.45, 2.75) is 56.3 Å². The highest BCUT2D eigenvalue weighted by Crippen LogP contribution is 2.23. The average molecular weight is 316 g/mol. The lowest BCUT2D eigenvalue weighted by molar-refractivity contribution is -0.124. The van der Waals surface area contributed by atoms with Crippen LogP contribution in [0.25, 0.3) is 0 Å². The minimum atomic E-state index is -0.605. The third-order valence-electron chi connectivity index (χ3n) is 3.12. The smallest absolute Gasteiger partial charge is 0.237 e. The van der Waals surface area contributed by atoms with Crippen molar-refractivity contribution in [2.75, 3.05) is 12.3 Å². The number of rotatable bonds is 10. The van der Waals surface area contributed by atoms with Crippen molar-refractivity contribution in [2.24, 2.45) is 5.73 Å². The number of nitrogens with one attached hydrogen (secondary N) is 1. The van der Waals surface area contributed by atoms with Crippen LogP contribution in [0, 0.1) is 0 Å². The van der Waals surface area contributed by atoms with Crippen molar-refractivity contribution in [1.29, 1.82) is 0 Å². The topological polar surface area (TPSA) is 80.9 Å². The van der Waals surface area contributed by atoms with Crippen molar-refractivity contribution in [3.8, 4) is 0 Å². The second-order valence-corrected chi connectivity index (χ2v) is 7.00. The van der Waals surface area contributed by atoms with Gasteiger partial charge < -0.3 is 11.1 Å². The molecule has 114 valence electrons. The predicted molar refractivity (Wildman–Crippen MR) is 85.1 cm³/mol. The number of primary amides is 1. The molecule has 0 saturated heterocycles. The zero-order valence-electron chi connectivity index (χ0n) is 12.4. The van der Waals surface area contributed by atoms with E-state index in [1.165, 1.54) is 11.5 Å². The van der Waals surface area contributed by atoms with Crippen molar-refractivity contribution >= 4 is 29.2 Å². The molecule has 5 nitrogen and oxygen atoms in total. The highest BCUT2D eigenvalue weighted by atomic mass is 32.2. The number of carbonyl (C=O) groups is 1. The first-order valence-corrected chi connectivity index (χ1v) is 8.78. The van der Waals surface area contributed by atoms with Crippen molar-refractivity contribution in [3.05, 3.63) is 5.82 Å². The Morgan fingerprint density at radius 3 is 2.80 bits per heavy atom. The van der Waals surface area contributed by atoms with E-state index in [9.17, 15) is 4.79 Å². The summed E-state index contributed by atoms with van der Waals surface area (Å²) < 4.78 is 5.26. The average Bonchev–Trinajstić information content (AvgIpc) is 2.89. The van der Waals surface area contributed by atoms with E-state index in [-0.39, 0.29) is 5.91 Å². The molecule has 0 aliphatic rings. The van der Waals surface area contributed by atoms with Gasteiger partial charge >= 0.3 is 0 Å². The molecule has 1 rings (SSSR count). The molecular weight excluding hydrogens is 292 g/mol. The van der Waals surface area contributed by atoms with Gasteiger partial charge in [-0.1, -0.05) is 25.6 Å². The first-order valence-electron chi connectivity index (χ1n) is 7.02. The van der Waals surface area contributed by atoms with Crippen molar-refractivity contribution in [1.82, 2.24) is 14.7 Å². The van der Waals surface area contributed by atoms with E-state index in [2.05, 4.69) is 21.6 Å². The summed E-state index contributed by atoms with van der Waals surface area (Å²) in [4.78, 5) is 16.0. The Kier molecular flexibility index (Phi) is 7.47. The molecule has 1 atom stereocenters. The molecule has 0 aromatic carbocycles. The first-order chi connectivity index (χ1) is 9.51.